The first-order valence-electron chi connectivity index (χ1n) is 8.55. The van der Waals surface area contributed by atoms with Crippen LogP contribution in [0.2, 0.25) is 0 Å². The van der Waals surface area contributed by atoms with Gasteiger partial charge in [-0.15, -0.1) is 0 Å². The maximum Gasteiger partial charge on any atom is 0.287 e. The van der Waals surface area contributed by atoms with Crippen molar-refractivity contribution in [1.82, 2.24) is 10.7 Å². The molecule has 0 saturated carbocycles. The van der Waals surface area contributed by atoms with E-state index in [9.17, 15) is 9.59 Å². The molecule has 2 rings (SSSR count). The number of rotatable bonds is 7. The molecule has 0 bridgehead atoms. The summed E-state index contributed by atoms with van der Waals surface area (Å²) in [5.74, 6) is 0.0107. The minimum absolute atomic E-state index is 0.0925. The Labute approximate surface area is 158 Å². The number of amides is 2. The quantitative estimate of drug-likeness (QED) is 0.449. The molecule has 0 aliphatic rings. The molecule has 0 aliphatic heterocycles. The fourth-order valence-corrected chi connectivity index (χ4v) is 2.11. The second-order valence-corrected chi connectivity index (χ2v) is 6.11. The van der Waals surface area contributed by atoms with Gasteiger partial charge < -0.3 is 10.1 Å². The first-order valence-corrected chi connectivity index (χ1v) is 8.55. The van der Waals surface area contributed by atoms with Gasteiger partial charge in [-0.25, -0.2) is 5.43 Å². The van der Waals surface area contributed by atoms with E-state index in [4.69, 9.17) is 4.74 Å². The van der Waals surface area contributed by atoms with E-state index in [1.54, 1.807) is 67.9 Å². The zero-order valence-corrected chi connectivity index (χ0v) is 15.6. The Morgan fingerprint density at radius 3 is 2.30 bits per heavy atom. The Morgan fingerprint density at radius 2 is 1.70 bits per heavy atom. The summed E-state index contributed by atoms with van der Waals surface area (Å²) in [7, 11) is 1.58. The fraction of sp³-hybridized carbons (Fsp3) is 0.190. The van der Waals surface area contributed by atoms with Gasteiger partial charge in [0.2, 0.25) is 0 Å². The van der Waals surface area contributed by atoms with Crippen molar-refractivity contribution in [1.29, 1.82) is 0 Å². The SMILES string of the molecule is COc1ccc(/C=C(\NC(=O)c2ccccc2)C(=O)N/N=C/C(C)C)cc1. The van der Waals surface area contributed by atoms with Crippen molar-refractivity contribution in [3.05, 3.63) is 71.4 Å². The van der Waals surface area contributed by atoms with E-state index in [-0.39, 0.29) is 17.5 Å². The van der Waals surface area contributed by atoms with Crippen LogP contribution in [0, 0.1) is 5.92 Å². The number of nitrogens with one attached hydrogen (secondary N) is 2. The number of benzene rings is 2. The number of nitrogens with zero attached hydrogens (tertiary/aromatic N) is 1. The van der Waals surface area contributed by atoms with Crippen molar-refractivity contribution in [3.8, 4) is 5.75 Å². The summed E-state index contributed by atoms with van der Waals surface area (Å²) < 4.78 is 5.13. The molecule has 0 aromatic heterocycles. The number of ether oxygens (including phenoxy) is 1. The third-order valence-corrected chi connectivity index (χ3v) is 3.49. The Balaban J connectivity index is 2.25. The summed E-state index contributed by atoms with van der Waals surface area (Å²) in [6.07, 6.45) is 3.20. The van der Waals surface area contributed by atoms with Crippen LogP contribution in [0.1, 0.15) is 29.8 Å². The Morgan fingerprint density at radius 1 is 1.04 bits per heavy atom. The standard InChI is InChI=1S/C21H23N3O3/c1-15(2)14-22-24-21(26)19(13-16-9-11-18(27-3)12-10-16)23-20(25)17-7-5-4-6-8-17/h4-15H,1-3H3,(H,23,25)(H,24,26)/b19-13-,22-14+. The van der Waals surface area contributed by atoms with Crippen LogP contribution < -0.4 is 15.5 Å². The lowest BCUT2D eigenvalue weighted by molar-refractivity contribution is -0.117. The van der Waals surface area contributed by atoms with Crippen LogP contribution in [-0.4, -0.2) is 25.1 Å². The van der Waals surface area contributed by atoms with E-state index in [0.29, 0.717) is 11.3 Å². The summed E-state index contributed by atoms with van der Waals surface area (Å²) in [6, 6.07) is 15.8. The fourth-order valence-electron chi connectivity index (χ4n) is 2.11. The molecule has 6 nitrogen and oxygen atoms in total. The number of methoxy groups -OCH3 is 1. The van der Waals surface area contributed by atoms with Gasteiger partial charge in [0.25, 0.3) is 11.8 Å². The third-order valence-electron chi connectivity index (χ3n) is 3.49. The molecule has 2 N–H and O–H groups in total. The van der Waals surface area contributed by atoms with Gasteiger partial charge in [-0.05, 0) is 41.8 Å². The van der Waals surface area contributed by atoms with Gasteiger partial charge >= 0.3 is 0 Å². The molecule has 2 amide bonds. The molecular formula is C21H23N3O3. The zero-order valence-electron chi connectivity index (χ0n) is 15.6. The Kier molecular flexibility index (Phi) is 7.31. The summed E-state index contributed by atoms with van der Waals surface area (Å²) in [5, 5.41) is 6.56. The highest BCUT2D eigenvalue weighted by Gasteiger charge is 2.14. The molecule has 0 radical (unpaired) electrons. The highest BCUT2D eigenvalue weighted by atomic mass is 16.5. The van der Waals surface area contributed by atoms with E-state index in [1.165, 1.54) is 0 Å². The monoisotopic (exact) mass is 365 g/mol. The van der Waals surface area contributed by atoms with Crippen molar-refractivity contribution < 1.29 is 14.3 Å². The van der Waals surface area contributed by atoms with Gasteiger partial charge in [0.15, 0.2) is 0 Å². The van der Waals surface area contributed by atoms with E-state index >= 15 is 0 Å². The van der Waals surface area contributed by atoms with Crippen molar-refractivity contribution in [2.24, 2.45) is 11.0 Å². The normalized spacial score (nSPS) is 11.5. The molecular weight excluding hydrogens is 342 g/mol. The van der Waals surface area contributed by atoms with Crippen LogP contribution in [0.15, 0.2) is 65.4 Å². The van der Waals surface area contributed by atoms with E-state index in [0.717, 1.165) is 5.56 Å². The smallest absolute Gasteiger partial charge is 0.287 e. The molecule has 0 spiro atoms. The van der Waals surface area contributed by atoms with Gasteiger partial charge in [-0.3, -0.25) is 9.59 Å². The maximum atomic E-state index is 12.5. The average Bonchev–Trinajstić information content (AvgIpc) is 2.68. The number of carbonyl (C=O) groups excluding carboxylic acids is 2. The topological polar surface area (TPSA) is 79.8 Å². The Bertz CT molecular complexity index is 826. The van der Waals surface area contributed by atoms with E-state index < -0.39 is 5.91 Å². The number of carbonyl (C=O) groups is 2. The van der Waals surface area contributed by atoms with Crippen molar-refractivity contribution in [2.75, 3.05) is 7.11 Å². The third kappa shape index (κ3) is 6.43. The molecule has 0 saturated heterocycles. The average molecular weight is 365 g/mol. The van der Waals surface area contributed by atoms with Crippen LogP contribution in [0.3, 0.4) is 0 Å². The summed E-state index contributed by atoms with van der Waals surface area (Å²) in [5.41, 5.74) is 3.72. The predicted octanol–water partition coefficient (Wildman–Crippen LogP) is 3.22. The molecule has 0 heterocycles. The summed E-state index contributed by atoms with van der Waals surface area (Å²) in [4.78, 5) is 24.9. The molecule has 27 heavy (non-hydrogen) atoms. The highest BCUT2D eigenvalue weighted by molar-refractivity contribution is 6.05. The van der Waals surface area contributed by atoms with Gasteiger partial charge in [-0.2, -0.15) is 5.10 Å². The van der Waals surface area contributed by atoms with Crippen molar-refractivity contribution in [3.63, 3.8) is 0 Å². The molecule has 0 aliphatic carbocycles. The van der Waals surface area contributed by atoms with Crippen LogP contribution >= 0.6 is 0 Å². The molecule has 0 unspecified atom stereocenters. The summed E-state index contributed by atoms with van der Waals surface area (Å²) in [6.45, 7) is 3.89. The minimum Gasteiger partial charge on any atom is -0.497 e. The molecule has 2 aromatic rings. The van der Waals surface area contributed by atoms with Gasteiger partial charge in [-0.1, -0.05) is 44.2 Å². The first-order chi connectivity index (χ1) is 13.0. The second kappa shape index (κ2) is 9.91. The van der Waals surface area contributed by atoms with E-state index in [1.807, 2.05) is 19.9 Å². The minimum atomic E-state index is -0.507. The lowest BCUT2D eigenvalue weighted by Crippen LogP contribution is -2.32. The molecule has 2 aromatic carbocycles. The predicted molar refractivity (Wildman–Crippen MR) is 106 cm³/mol. The molecule has 6 heteroatoms. The number of hydrogen-bond acceptors (Lipinski definition) is 4. The lowest BCUT2D eigenvalue weighted by atomic mass is 10.1. The summed E-state index contributed by atoms with van der Waals surface area (Å²) >= 11 is 0. The molecule has 0 fully saturated rings. The second-order valence-electron chi connectivity index (χ2n) is 6.11. The highest BCUT2D eigenvalue weighted by Crippen LogP contribution is 2.14. The zero-order chi connectivity index (χ0) is 19.6. The lowest BCUT2D eigenvalue weighted by Gasteiger charge is -2.09. The maximum absolute atomic E-state index is 12.5. The van der Waals surface area contributed by atoms with Crippen molar-refractivity contribution in [2.45, 2.75) is 13.8 Å². The van der Waals surface area contributed by atoms with E-state index in [2.05, 4.69) is 15.8 Å². The van der Waals surface area contributed by atoms with Gasteiger partial charge in [0.1, 0.15) is 11.4 Å². The van der Waals surface area contributed by atoms with Crippen molar-refractivity contribution >= 4 is 24.1 Å². The Hall–Kier alpha value is -3.41. The van der Waals surface area contributed by atoms with Gasteiger partial charge in [0.05, 0.1) is 7.11 Å². The van der Waals surface area contributed by atoms with Crippen LogP contribution in [0.25, 0.3) is 6.08 Å². The van der Waals surface area contributed by atoms with Crippen LogP contribution in [-0.2, 0) is 4.79 Å². The number of hydrogen-bond donors (Lipinski definition) is 2. The largest absolute Gasteiger partial charge is 0.497 e. The van der Waals surface area contributed by atoms with Gasteiger partial charge in [0, 0.05) is 11.8 Å². The molecule has 0 atom stereocenters. The molecule has 140 valence electrons. The number of hydrazone groups is 1. The van der Waals surface area contributed by atoms with Crippen LogP contribution in [0.5, 0.6) is 5.75 Å². The van der Waals surface area contributed by atoms with Crippen LogP contribution in [0.4, 0.5) is 0 Å². The first kappa shape index (κ1) is 19.9.